The topological polar surface area (TPSA) is 20.3 Å². The van der Waals surface area contributed by atoms with Crippen LogP contribution in [-0.2, 0) is 0 Å². The zero-order chi connectivity index (χ0) is 11.8. The molecule has 1 heterocycles. The number of rotatable bonds is 2. The second-order valence-corrected chi connectivity index (χ2v) is 6.01. The Hall–Kier alpha value is -0.830. The monoisotopic (exact) mass is 281 g/mol. The second kappa shape index (κ2) is 4.21. The van der Waals surface area contributed by atoms with Crippen LogP contribution in [0.3, 0.4) is 0 Å². The van der Waals surface area contributed by atoms with E-state index in [0.717, 1.165) is 23.8 Å². The summed E-state index contributed by atoms with van der Waals surface area (Å²) < 4.78 is 0.879. The van der Waals surface area contributed by atoms with E-state index < -0.39 is 0 Å². The first-order valence-electron chi connectivity index (χ1n) is 5.51. The summed E-state index contributed by atoms with van der Waals surface area (Å²) in [6.45, 7) is 6.77. The minimum atomic E-state index is 0.399. The predicted octanol–water partition coefficient (Wildman–Crippen LogP) is 3.50. The van der Waals surface area contributed by atoms with Gasteiger partial charge in [-0.2, -0.15) is 0 Å². The summed E-state index contributed by atoms with van der Waals surface area (Å²) in [4.78, 5) is 13.1. The first-order chi connectivity index (χ1) is 7.52. The van der Waals surface area contributed by atoms with Gasteiger partial charge in [0.15, 0.2) is 6.29 Å². The van der Waals surface area contributed by atoms with Crippen LogP contribution in [0.25, 0.3) is 0 Å². The van der Waals surface area contributed by atoms with Gasteiger partial charge in [0.1, 0.15) is 0 Å². The van der Waals surface area contributed by atoms with Crippen LogP contribution in [0, 0.1) is 5.41 Å². The molecule has 16 heavy (non-hydrogen) atoms. The van der Waals surface area contributed by atoms with E-state index in [1.807, 2.05) is 18.2 Å². The molecule has 1 aromatic carbocycles. The highest BCUT2D eigenvalue weighted by Crippen LogP contribution is 2.33. The van der Waals surface area contributed by atoms with Gasteiger partial charge in [-0.05, 0) is 46.0 Å². The van der Waals surface area contributed by atoms with Crippen molar-refractivity contribution in [1.29, 1.82) is 0 Å². The van der Waals surface area contributed by atoms with Crippen molar-refractivity contribution >= 4 is 27.9 Å². The average molecular weight is 282 g/mol. The Bertz CT molecular complexity index is 414. The highest BCUT2D eigenvalue weighted by atomic mass is 79.9. The van der Waals surface area contributed by atoms with E-state index in [0.29, 0.717) is 11.0 Å². The summed E-state index contributed by atoms with van der Waals surface area (Å²) in [5.41, 5.74) is 2.31. The summed E-state index contributed by atoms with van der Waals surface area (Å²) in [6, 6.07) is 5.93. The lowest BCUT2D eigenvalue weighted by atomic mass is 9.93. The standard InChI is InChI=1S/C13H16BrNO/c1-13(2)5-6-15(9-13)11-4-3-10(8-16)12(14)7-11/h3-4,7-8H,5-6,9H2,1-2H3. The molecule has 1 aliphatic rings. The van der Waals surface area contributed by atoms with Gasteiger partial charge in [-0.15, -0.1) is 0 Å². The lowest BCUT2D eigenvalue weighted by Gasteiger charge is -2.22. The molecule has 2 nitrogen and oxygen atoms in total. The zero-order valence-electron chi connectivity index (χ0n) is 9.66. The average Bonchev–Trinajstić information content (AvgIpc) is 2.59. The molecule has 0 N–H and O–H groups in total. The Morgan fingerprint density at radius 1 is 1.44 bits per heavy atom. The van der Waals surface area contributed by atoms with E-state index in [1.54, 1.807) is 0 Å². The number of nitrogens with zero attached hydrogens (tertiary/aromatic N) is 1. The fourth-order valence-corrected chi connectivity index (χ4v) is 2.60. The van der Waals surface area contributed by atoms with Crippen molar-refractivity contribution in [1.82, 2.24) is 0 Å². The Morgan fingerprint density at radius 3 is 2.69 bits per heavy atom. The van der Waals surface area contributed by atoms with E-state index in [1.165, 1.54) is 12.1 Å². The normalized spacial score (nSPS) is 18.8. The number of hydrogen-bond acceptors (Lipinski definition) is 2. The minimum absolute atomic E-state index is 0.399. The summed E-state index contributed by atoms with van der Waals surface area (Å²) in [5.74, 6) is 0. The molecule has 86 valence electrons. The zero-order valence-corrected chi connectivity index (χ0v) is 11.3. The summed E-state index contributed by atoms with van der Waals surface area (Å²) >= 11 is 3.42. The number of benzene rings is 1. The molecule has 0 amide bonds. The van der Waals surface area contributed by atoms with Crippen molar-refractivity contribution < 1.29 is 4.79 Å². The maximum atomic E-state index is 10.7. The van der Waals surface area contributed by atoms with E-state index in [-0.39, 0.29) is 0 Å². The molecule has 1 saturated heterocycles. The van der Waals surface area contributed by atoms with Crippen LogP contribution >= 0.6 is 15.9 Å². The molecule has 1 aromatic rings. The first kappa shape index (κ1) is 11.6. The molecule has 1 aliphatic heterocycles. The van der Waals surface area contributed by atoms with Crippen molar-refractivity contribution in [2.75, 3.05) is 18.0 Å². The van der Waals surface area contributed by atoms with Crippen LogP contribution in [0.1, 0.15) is 30.6 Å². The molecule has 0 aliphatic carbocycles. The molecule has 3 heteroatoms. The third-order valence-electron chi connectivity index (χ3n) is 3.15. The predicted molar refractivity (Wildman–Crippen MR) is 70.1 cm³/mol. The molecule has 0 radical (unpaired) electrons. The van der Waals surface area contributed by atoms with Crippen LogP contribution < -0.4 is 4.90 Å². The Kier molecular flexibility index (Phi) is 3.06. The van der Waals surface area contributed by atoms with Gasteiger partial charge in [0.05, 0.1) is 0 Å². The number of carbonyl (C=O) groups excluding carboxylic acids is 1. The molecule has 0 atom stereocenters. The Labute approximate surface area is 105 Å². The maximum absolute atomic E-state index is 10.7. The summed E-state index contributed by atoms with van der Waals surface area (Å²) in [6.07, 6.45) is 2.10. The van der Waals surface area contributed by atoms with Crippen molar-refractivity contribution in [3.63, 3.8) is 0 Å². The minimum Gasteiger partial charge on any atom is -0.371 e. The molecule has 0 spiro atoms. The second-order valence-electron chi connectivity index (χ2n) is 5.16. The van der Waals surface area contributed by atoms with Gasteiger partial charge < -0.3 is 4.90 Å². The fraction of sp³-hybridized carbons (Fsp3) is 0.462. The third kappa shape index (κ3) is 2.29. The van der Waals surface area contributed by atoms with Crippen LogP contribution in [0.5, 0.6) is 0 Å². The van der Waals surface area contributed by atoms with Crippen molar-refractivity contribution in [2.24, 2.45) is 5.41 Å². The van der Waals surface area contributed by atoms with Crippen LogP contribution in [0.4, 0.5) is 5.69 Å². The lowest BCUT2D eigenvalue weighted by molar-refractivity contribution is 0.112. The fourth-order valence-electron chi connectivity index (χ4n) is 2.14. The lowest BCUT2D eigenvalue weighted by Crippen LogP contribution is -2.22. The van der Waals surface area contributed by atoms with E-state index in [4.69, 9.17) is 0 Å². The molecule has 0 saturated carbocycles. The summed E-state index contributed by atoms with van der Waals surface area (Å²) in [7, 11) is 0. The molecule has 0 unspecified atom stereocenters. The molecular weight excluding hydrogens is 266 g/mol. The van der Waals surface area contributed by atoms with Gasteiger partial charge in [-0.1, -0.05) is 13.8 Å². The number of anilines is 1. The van der Waals surface area contributed by atoms with E-state index >= 15 is 0 Å². The Morgan fingerprint density at radius 2 is 2.19 bits per heavy atom. The molecule has 1 fully saturated rings. The first-order valence-corrected chi connectivity index (χ1v) is 6.31. The van der Waals surface area contributed by atoms with Gasteiger partial charge in [0, 0.05) is 28.8 Å². The molecular formula is C13H16BrNO. The molecule has 0 aromatic heterocycles. The highest BCUT2D eigenvalue weighted by Gasteiger charge is 2.29. The van der Waals surface area contributed by atoms with Crippen molar-refractivity contribution in [3.8, 4) is 0 Å². The third-order valence-corrected chi connectivity index (χ3v) is 3.84. The highest BCUT2D eigenvalue weighted by molar-refractivity contribution is 9.10. The van der Waals surface area contributed by atoms with Crippen LogP contribution in [-0.4, -0.2) is 19.4 Å². The van der Waals surface area contributed by atoms with E-state index in [9.17, 15) is 4.79 Å². The van der Waals surface area contributed by atoms with Gasteiger partial charge in [0.2, 0.25) is 0 Å². The van der Waals surface area contributed by atoms with Crippen LogP contribution in [0.15, 0.2) is 22.7 Å². The molecule has 2 rings (SSSR count). The quantitative estimate of drug-likeness (QED) is 0.774. The smallest absolute Gasteiger partial charge is 0.151 e. The number of aldehydes is 1. The van der Waals surface area contributed by atoms with Crippen molar-refractivity contribution in [2.45, 2.75) is 20.3 Å². The summed E-state index contributed by atoms with van der Waals surface area (Å²) in [5, 5.41) is 0. The van der Waals surface area contributed by atoms with Crippen molar-refractivity contribution in [3.05, 3.63) is 28.2 Å². The van der Waals surface area contributed by atoms with E-state index in [2.05, 4.69) is 34.7 Å². The number of carbonyl (C=O) groups is 1. The SMILES string of the molecule is CC1(C)CCN(c2ccc(C=O)c(Br)c2)C1. The maximum Gasteiger partial charge on any atom is 0.151 e. The Balaban J connectivity index is 2.23. The van der Waals surface area contributed by atoms with Gasteiger partial charge in [-0.25, -0.2) is 0 Å². The van der Waals surface area contributed by atoms with Gasteiger partial charge in [0.25, 0.3) is 0 Å². The van der Waals surface area contributed by atoms with Gasteiger partial charge >= 0.3 is 0 Å². The number of halogens is 1. The molecule has 0 bridgehead atoms. The largest absolute Gasteiger partial charge is 0.371 e. The number of hydrogen-bond donors (Lipinski definition) is 0. The van der Waals surface area contributed by atoms with Crippen LogP contribution in [0.2, 0.25) is 0 Å². The van der Waals surface area contributed by atoms with Gasteiger partial charge in [-0.3, -0.25) is 4.79 Å².